The van der Waals surface area contributed by atoms with Crippen molar-refractivity contribution in [1.82, 2.24) is 4.90 Å². The second-order valence-electron chi connectivity index (χ2n) is 4.12. The van der Waals surface area contributed by atoms with Crippen molar-refractivity contribution in [2.75, 3.05) is 13.2 Å². The molecule has 0 aliphatic heterocycles. The number of phenols is 1. The van der Waals surface area contributed by atoms with Gasteiger partial charge in [0.05, 0.1) is 11.6 Å². The Morgan fingerprint density at radius 3 is 2.71 bits per heavy atom. The molecule has 0 spiro atoms. The summed E-state index contributed by atoms with van der Waals surface area (Å²) in [5.74, 6) is -0.188. The molecule has 5 heteroatoms. The highest BCUT2D eigenvalue weighted by molar-refractivity contribution is 6.32. The molecule has 1 fully saturated rings. The second kappa shape index (κ2) is 4.94. The van der Waals surface area contributed by atoms with Crippen LogP contribution in [0.15, 0.2) is 18.2 Å². The Morgan fingerprint density at radius 1 is 1.47 bits per heavy atom. The molecule has 0 radical (unpaired) electrons. The van der Waals surface area contributed by atoms with Gasteiger partial charge in [-0.05, 0) is 31.0 Å². The van der Waals surface area contributed by atoms with Gasteiger partial charge in [-0.3, -0.25) is 4.79 Å². The summed E-state index contributed by atoms with van der Waals surface area (Å²) in [5.41, 5.74) is 0.438. The normalized spacial score (nSPS) is 14.7. The van der Waals surface area contributed by atoms with Crippen molar-refractivity contribution in [3.8, 4) is 5.75 Å². The van der Waals surface area contributed by atoms with Crippen LogP contribution in [0.25, 0.3) is 0 Å². The lowest BCUT2D eigenvalue weighted by Gasteiger charge is -2.21. The molecule has 17 heavy (non-hydrogen) atoms. The van der Waals surface area contributed by atoms with Gasteiger partial charge in [0, 0.05) is 18.2 Å². The molecule has 1 saturated carbocycles. The van der Waals surface area contributed by atoms with E-state index in [4.69, 9.17) is 16.7 Å². The fourth-order valence-corrected chi connectivity index (χ4v) is 1.93. The number of aliphatic hydroxyl groups excluding tert-OH is 1. The molecule has 0 aromatic heterocycles. The molecule has 1 aromatic rings. The molecule has 2 rings (SSSR count). The lowest BCUT2D eigenvalue weighted by Crippen LogP contribution is -2.35. The Balaban J connectivity index is 2.19. The van der Waals surface area contributed by atoms with Gasteiger partial charge in [0.15, 0.2) is 0 Å². The minimum atomic E-state index is -0.150. The number of hydrogen-bond donors (Lipinski definition) is 2. The first-order valence-electron chi connectivity index (χ1n) is 5.54. The number of phenolic OH excluding ortho intramolecular Hbond substituents is 1. The number of rotatable bonds is 4. The number of benzene rings is 1. The van der Waals surface area contributed by atoms with E-state index in [1.807, 2.05) is 0 Å². The predicted octanol–water partition coefficient (Wildman–Crippen LogP) is 1.64. The SMILES string of the molecule is O=C(c1ccc(O)c(Cl)c1)N(CCO)C1CC1. The van der Waals surface area contributed by atoms with Crippen LogP contribution in [0.1, 0.15) is 23.2 Å². The second-order valence-corrected chi connectivity index (χ2v) is 4.53. The quantitative estimate of drug-likeness (QED) is 0.860. The third-order valence-corrected chi connectivity index (χ3v) is 3.09. The molecule has 1 aromatic carbocycles. The summed E-state index contributed by atoms with van der Waals surface area (Å²) in [5, 5.41) is 18.4. The highest BCUT2D eigenvalue weighted by Crippen LogP contribution is 2.29. The van der Waals surface area contributed by atoms with Crippen molar-refractivity contribution in [2.24, 2.45) is 0 Å². The molecule has 0 unspecified atom stereocenters. The standard InChI is InChI=1S/C12H14ClNO3/c13-10-7-8(1-4-11(10)16)12(17)14(5-6-15)9-2-3-9/h1,4,7,9,15-16H,2-3,5-6H2. The van der Waals surface area contributed by atoms with Gasteiger partial charge in [0.1, 0.15) is 5.75 Å². The Hall–Kier alpha value is -1.26. The summed E-state index contributed by atoms with van der Waals surface area (Å²) >= 11 is 5.76. The third-order valence-electron chi connectivity index (χ3n) is 2.78. The lowest BCUT2D eigenvalue weighted by molar-refractivity contribution is 0.0707. The fraction of sp³-hybridized carbons (Fsp3) is 0.417. The van der Waals surface area contributed by atoms with E-state index in [-0.39, 0.29) is 29.3 Å². The topological polar surface area (TPSA) is 60.8 Å². The van der Waals surface area contributed by atoms with Crippen LogP contribution in [-0.2, 0) is 0 Å². The maximum atomic E-state index is 12.2. The molecular weight excluding hydrogens is 242 g/mol. The molecule has 0 saturated heterocycles. The number of halogens is 1. The van der Waals surface area contributed by atoms with Crippen molar-refractivity contribution in [3.05, 3.63) is 28.8 Å². The van der Waals surface area contributed by atoms with E-state index in [2.05, 4.69) is 0 Å². The summed E-state index contributed by atoms with van der Waals surface area (Å²) in [6.45, 7) is 0.288. The Kier molecular flexibility index (Phi) is 3.54. The number of hydrogen-bond acceptors (Lipinski definition) is 3. The van der Waals surface area contributed by atoms with E-state index < -0.39 is 0 Å². The first kappa shape index (κ1) is 12.2. The van der Waals surface area contributed by atoms with Gasteiger partial charge in [0.25, 0.3) is 5.91 Å². The van der Waals surface area contributed by atoms with Crippen LogP contribution in [-0.4, -0.2) is 40.2 Å². The van der Waals surface area contributed by atoms with Crippen LogP contribution in [0, 0.1) is 0 Å². The van der Waals surface area contributed by atoms with Gasteiger partial charge in [0.2, 0.25) is 0 Å². The fourth-order valence-electron chi connectivity index (χ4n) is 1.75. The maximum absolute atomic E-state index is 12.2. The van der Waals surface area contributed by atoms with E-state index in [0.29, 0.717) is 12.1 Å². The smallest absolute Gasteiger partial charge is 0.254 e. The van der Waals surface area contributed by atoms with E-state index >= 15 is 0 Å². The number of carbonyl (C=O) groups is 1. The molecule has 0 heterocycles. The first-order chi connectivity index (χ1) is 8.13. The number of aromatic hydroxyl groups is 1. The Labute approximate surface area is 104 Å². The molecule has 1 aliphatic carbocycles. The highest BCUT2D eigenvalue weighted by Gasteiger charge is 2.32. The summed E-state index contributed by atoms with van der Waals surface area (Å²) < 4.78 is 0. The van der Waals surface area contributed by atoms with Crippen molar-refractivity contribution in [3.63, 3.8) is 0 Å². The van der Waals surface area contributed by atoms with Crippen molar-refractivity contribution >= 4 is 17.5 Å². The van der Waals surface area contributed by atoms with Gasteiger partial charge < -0.3 is 15.1 Å². The van der Waals surface area contributed by atoms with Gasteiger partial charge in [-0.25, -0.2) is 0 Å². The Bertz CT molecular complexity index is 432. The molecule has 1 amide bonds. The molecule has 0 bridgehead atoms. The van der Waals surface area contributed by atoms with Gasteiger partial charge >= 0.3 is 0 Å². The zero-order chi connectivity index (χ0) is 12.4. The monoisotopic (exact) mass is 255 g/mol. The summed E-state index contributed by atoms with van der Waals surface area (Å²) in [7, 11) is 0. The van der Waals surface area contributed by atoms with Crippen LogP contribution >= 0.6 is 11.6 Å². The molecule has 92 valence electrons. The van der Waals surface area contributed by atoms with Crippen molar-refractivity contribution < 1.29 is 15.0 Å². The van der Waals surface area contributed by atoms with Gasteiger partial charge in [-0.15, -0.1) is 0 Å². The summed E-state index contributed by atoms with van der Waals surface area (Å²) in [6.07, 6.45) is 1.97. The summed E-state index contributed by atoms with van der Waals surface area (Å²) in [4.78, 5) is 13.8. The molecule has 2 N–H and O–H groups in total. The average molecular weight is 256 g/mol. The molecule has 1 aliphatic rings. The first-order valence-corrected chi connectivity index (χ1v) is 5.91. The predicted molar refractivity (Wildman–Crippen MR) is 64.3 cm³/mol. The minimum Gasteiger partial charge on any atom is -0.506 e. The zero-order valence-electron chi connectivity index (χ0n) is 9.27. The van der Waals surface area contributed by atoms with Crippen molar-refractivity contribution in [2.45, 2.75) is 18.9 Å². The Morgan fingerprint density at radius 2 is 2.18 bits per heavy atom. The average Bonchev–Trinajstić information content (AvgIpc) is 3.13. The number of nitrogens with zero attached hydrogens (tertiary/aromatic N) is 1. The molecule has 4 nitrogen and oxygen atoms in total. The van der Waals surface area contributed by atoms with E-state index in [9.17, 15) is 9.90 Å². The maximum Gasteiger partial charge on any atom is 0.254 e. The van der Waals surface area contributed by atoms with Crippen LogP contribution in [0.4, 0.5) is 0 Å². The largest absolute Gasteiger partial charge is 0.506 e. The van der Waals surface area contributed by atoms with Crippen molar-refractivity contribution in [1.29, 1.82) is 0 Å². The van der Waals surface area contributed by atoms with Crippen LogP contribution < -0.4 is 0 Å². The van der Waals surface area contributed by atoms with Crippen LogP contribution in [0.3, 0.4) is 0 Å². The third kappa shape index (κ3) is 2.70. The van der Waals surface area contributed by atoms with Gasteiger partial charge in [-0.2, -0.15) is 0 Å². The highest BCUT2D eigenvalue weighted by atomic mass is 35.5. The minimum absolute atomic E-state index is 0.0386. The molecule has 0 atom stereocenters. The number of aliphatic hydroxyl groups is 1. The number of amides is 1. The summed E-state index contributed by atoms with van der Waals surface area (Å²) in [6, 6.07) is 4.63. The van der Waals surface area contributed by atoms with Gasteiger partial charge in [-0.1, -0.05) is 11.6 Å². The molecular formula is C12H14ClNO3. The van der Waals surface area contributed by atoms with E-state index in [0.717, 1.165) is 12.8 Å². The van der Waals surface area contributed by atoms with E-state index in [1.165, 1.54) is 18.2 Å². The lowest BCUT2D eigenvalue weighted by atomic mass is 10.2. The van der Waals surface area contributed by atoms with E-state index in [1.54, 1.807) is 4.90 Å². The van der Waals surface area contributed by atoms with Crippen LogP contribution in [0.5, 0.6) is 5.75 Å². The van der Waals surface area contributed by atoms with Crippen LogP contribution in [0.2, 0.25) is 5.02 Å². The number of carbonyl (C=O) groups excluding carboxylic acids is 1. The zero-order valence-corrected chi connectivity index (χ0v) is 10.0.